The summed E-state index contributed by atoms with van der Waals surface area (Å²) in [6.45, 7) is 2.45. The molecule has 0 saturated heterocycles. The summed E-state index contributed by atoms with van der Waals surface area (Å²) in [5.74, 6) is 0.976. The fourth-order valence-electron chi connectivity index (χ4n) is 2.83. The molecule has 3 aromatic rings. The Morgan fingerprint density at radius 1 is 1.14 bits per heavy atom. The normalized spacial score (nSPS) is 10.4. The number of anilines is 2. The number of methoxy groups -OCH3 is 2. The molecule has 0 fully saturated rings. The van der Waals surface area contributed by atoms with E-state index in [2.05, 4.69) is 10.3 Å². The molecule has 0 spiro atoms. The van der Waals surface area contributed by atoms with Gasteiger partial charge in [-0.25, -0.2) is 4.98 Å². The largest absolute Gasteiger partial charge is 0.497 e. The molecule has 0 aliphatic rings. The van der Waals surface area contributed by atoms with Gasteiger partial charge in [0, 0.05) is 16.5 Å². The van der Waals surface area contributed by atoms with Crippen molar-refractivity contribution < 1.29 is 24.1 Å². The molecule has 2 aromatic carbocycles. The lowest BCUT2D eigenvalue weighted by Gasteiger charge is -2.10. The lowest BCUT2D eigenvalue weighted by molar-refractivity contribution is -0.136. The number of thiazole rings is 1. The molecule has 0 saturated carbocycles. The molecule has 0 amide bonds. The van der Waals surface area contributed by atoms with Crippen LogP contribution in [0, 0.1) is 0 Å². The van der Waals surface area contributed by atoms with Crippen molar-refractivity contribution in [3.63, 3.8) is 0 Å². The smallest absolute Gasteiger partial charge is 0.308 e. The minimum atomic E-state index is -0.927. The molecule has 0 unspecified atom stereocenters. The van der Waals surface area contributed by atoms with Crippen molar-refractivity contribution in [3.05, 3.63) is 47.3 Å². The van der Waals surface area contributed by atoms with Crippen molar-refractivity contribution in [2.45, 2.75) is 13.3 Å². The van der Waals surface area contributed by atoms with Crippen LogP contribution < -0.4 is 19.5 Å². The first-order valence-corrected chi connectivity index (χ1v) is 9.80. The third-order valence-electron chi connectivity index (χ3n) is 4.10. The van der Waals surface area contributed by atoms with E-state index < -0.39 is 5.97 Å². The van der Waals surface area contributed by atoms with E-state index in [9.17, 15) is 9.90 Å². The molecule has 152 valence electrons. The van der Waals surface area contributed by atoms with E-state index >= 15 is 0 Å². The van der Waals surface area contributed by atoms with E-state index in [1.807, 2.05) is 37.3 Å². The highest BCUT2D eigenvalue weighted by Gasteiger charge is 2.20. The van der Waals surface area contributed by atoms with Crippen LogP contribution in [0.15, 0.2) is 42.5 Å². The predicted molar refractivity (Wildman–Crippen MR) is 113 cm³/mol. The van der Waals surface area contributed by atoms with Crippen LogP contribution in [0.4, 0.5) is 10.8 Å². The number of hydrogen-bond acceptors (Lipinski definition) is 7. The van der Waals surface area contributed by atoms with Crippen LogP contribution in [-0.2, 0) is 11.2 Å². The lowest BCUT2D eigenvalue weighted by atomic mass is 10.1. The second-order valence-corrected chi connectivity index (χ2v) is 7.07. The zero-order valence-corrected chi connectivity index (χ0v) is 17.2. The molecular formula is C21H22N2O5S. The Hall–Kier alpha value is -3.26. The highest BCUT2D eigenvalue weighted by Crippen LogP contribution is 2.40. The van der Waals surface area contributed by atoms with Gasteiger partial charge in [-0.15, -0.1) is 11.3 Å². The number of aliphatic carboxylic acids is 1. The van der Waals surface area contributed by atoms with Gasteiger partial charge in [0.15, 0.2) is 5.13 Å². The Labute approximate surface area is 172 Å². The SMILES string of the molecule is CCOc1ccccc1Nc1nc(-c2ccc(OC)cc2OC)c(CC(=O)O)s1. The molecular weight excluding hydrogens is 392 g/mol. The van der Waals surface area contributed by atoms with E-state index in [1.165, 1.54) is 11.3 Å². The quantitative estimate of drug-likeness (QED) is 0.529. The van der Waals surface area contributed by atoms with Crippen molar-refractivity contribution in [3.8, 4) is 28.5 Å². The van der Waals surface area contributed by atoms with Crippen molar-refractivity contribution in [2.24, 2.45) is 0 Å². The standard InChI is InChI=1S/C21H22N2O5S/c1-4-28-16-8-6-5-7-15(16)22-21-23-20(18(29-21)12-19(24)25)14-10-9-13(26-2)11-17(14)27-3/h5-11H,4,12H2,1-3H3,(H,22,23)(H,24,25). The minimum absolute atomic E-state index is 0.142. The lowest BCUT2D eigenvalue weighted by Crippen LogP contribution is -2.00. The Morgan fingerprint density at radius 2 is 1.93 bits per heavy atom. The first-order valence-electron chi connectivity index (χ1n) is 8.98. The van der Waals surface area contributed by atoms with Crippen molar-refractivity contribution in [1.29, 1.82) is 0 Å². The van der Waals surface area contributed by atoms with Gasteiger partial charge >= 0.3 is 5.97 Å². The summed E-state index contributed by atoms with van der Waals surface area (Å²) in [5.41, 5.74) is 2.03. The summed E-state index contributed by atoms with van der Waals surface area (Å²) in [6, 6.07) is 12.9. The number of hydrogen-bond donors (Lipinski definition) is 2. The Kier molecular flexibility index (Phi) is 6.56. The zero-order chi connectivity index (χ0) is 20.8. The van der Waals surface area contributed by atoms with Crippen LogP contribution in [0.5, 0.6) is 17.2 Å². The number of para-hydroxylation sites is 2. The number of carboxylic acids is 1. The molecule has 0 aliphatic heterocycles. The zero-order valence-electron chi connectivity index (χ0n) is 16.4. The van der Waals surface area contributed by atoms with Crippen LogP contribution in [0.2, 0.25) is 0 Å². The molecule has 29 heavy (non-hydrogen) atoms. The molecule has 0 bridgehead atoms. The summed E-state index contributed by atoms with van der Waals surface area (Å²) >= 11 is 1.29. The molecule has 8 heteroatoms. The summed E-state index contributed by atoms with van der Waals surface area (Å²) < 4.78 is 16.4. The molecule has 1 heterocycles. The van der Waals surface area contributed by atoms with E-state index in [4.69, 9.17) is 14.2 Å². The highest BCUT2D eigenvalue weighted by molar-refractivity contribution is 7.16. The second kappa shape index (κ2) is 9.29. The van der Waals surface area contributed by atoms with E-state index in [-0.39, 0.29) is 6.42 Å². The molecule has 0 atom stereocenters. The maximum atomic E-state index is 11.4. The summed E-state index contributed by atoms with van der Waals surface area (Å²) in [4.78, 5) is 16.7. The van der Waals surface area contributed by atoms with E-state index in [0.29, 0.717) is 45.1 Å². The van der Waals surface area contributed by atoms with Gasteiger partial charge in [0.05, 0.1) is 38.6 Å². The predicted octanol–water partition coefficient (Wildman–Crippen LogP) is 4.60. The average Bonchev–Trinajstić information content (AvgIpc) is 3.10. The second-order valence-electron chi connectivity index (χ2n) is 5.98. The van der Waals surface area contributed by atoms with Crippen molar-refractivity contribution in [1.82, 2.24) is 4.98 Å². The number of nitrogens with zero attached hydrogens (tertiary/aromatic N) is 1. The van der Waals surface area contributed by atoms with E-state index in [1.54, 1.807) is 26.4 Å². The van der Waals surface area contributed by atoms with Gasteiger partial charge in [-0.2, -0.15) is 0 Å². The Bertz CT molecular complexity index is 1000. The number of nitrogens with one attached hydrogen (secondary N) is 1. The number of rotatable bonds is 9. The van der Waals surface area contributed by atoms with Crippen molar-refractivity contribution >= 4 is 28.1 Å². The first kappa shape index (κ1) is 20.5. The minimum Gasteiger partial charge on any atom is -0.497 e. The van der Waals surface area contributed by atoms with Crippen LogP contribution in [0.25, 0.3) is 11.3 Å². The number of aromatic nitrogens is 1. The Balaban J connectivity index is 2.03. The van der Waals surface area contributed by atoms with Gasteiger partial charge in [-0.1, -0.05) is 12.1 Å². The molecule has 3 rings (SSSR count). The highest BCUT2D eigenvalue weighted by atomic mass is 32.1. The Morgan fingerprint density at radius 3 is 2.62 bits per heavy atom. The number of carboxylic acid groups (broad SMARTS) is 1. The van der Waals surface area contributed by atoms with Gasteiger partial charge in [0.2, 0.25) is 0 Å². The van der Waals surface area contributed by atoms with Crippen LogP contribution in [0.1, 0.15) is 11.8 Å². The molecule has 7 nitrogen and oxygen atoms in total. The third-order valence-corrected chi connectivity index (χ3v) is 5.07. The molecule has 0 radical (unpaired) electrons. The fourth-order valence-corrected chi connectivity index (χ4v) is 3.81. The van der Waals surface area contributed by atoms with E-state index in [0.717, 1.165) is 5.69 Å². The molecule has 2 N–H and O–H groups in total. The maximum absolute atomic E-state index is 11.4. The van der Waals surface area contributed by atoms with Gasteiger partial charge in [0.1, 0.15) is 17.2 Å². The number of carbonyl (C=O) groups is 1. The fraction of sp³-hybridized carbons (Fsp3) is 0.238. The van der Waals surface area contributed by atoms with Gasteiger partial charge in [-0.05, 0) is 31.2 Å². The van der Waals surface area contributed by atoms with Crippen LogP contribution >= 0.6 is 11.3 Å². The van der Waals surface area contributed by atoms with Crippen LogP contribution in [-0.4, -0.2) is 36.9 Å². The average molecular weight is 414 g/mol. The number of benzene rings is 2. The first-order chi connectivity index (χ1) is 14.0. The molecule has 1 aromatic heterocycles. The topological polar surface area (TPSA) is 89.9 Å². The van der Waals surface area contributed by atoms with Gasteiger partial charge in [0.25, 0.3) is 0 Å². The van der Waals surface area contributed by atoms with Gasteiger partial charge < -0.3 is 24.6 Å². The number of ether oxygens (including phenoxy) is 3. The maximum Gasteiger partial charge on any atom is 0.308 e. The molecule has 0 aliphatic carbocycles. The van der Waals surface area contributed by atoms with Crippen LogP contribution in [0.3, 0.4) is 0 Å². The monoisotopic (exact) mass is 414 g/mol. The van der Waals surface area contributed by atoms with Gasteiger partial charge in [-0.3, -0.25) is 4.79 Å². The summed E-state index contributed by atoms with van der Waals surface area (Å²) in [5, 5.41) is 13.2. The van der Waals surface area contributed by atoms with Crippen molar-refractivity contribution in [2.75, 3.05) is 26.1 Å². The third kappa shape index (κ3) is 4.78. The summed E-state index contributed by atoms with van der Waals surface area (Å²) in [6.07, 6.45) is -0.142. The summed E-state index contributed by atoms with van der Waals surface area (Å²) in [7, 11) is 3.13.